The third-order valence-electron chi connectivity index (χ3n) is 6.90. The fourth-order valence-corrected chi connectivity index (χ4v) is 5.16. The summed E-state index contributed by atoms with van der Waals surface area (Å²) < 4.78 is 11.0. The van der Waals surface area contributed by atoms with Crippen molar-refractivity contribution >= 4 is 46.8 Å². The van der Waals surface area contributed by atoms with E-state index in [0.717, 1.165) is 27.5 Å². The van der Waals surface area contributed by atoms with Crippen LogP contribution in [0.3, 0.4) is 0 Å². The van der Waals surface area contributed by atoms with Crippen molar-refractivity contribution in [3.05, 3.63) is 88.9 Å². The lowest BCUT2D eigenvalue weighted by atomic mass is 10.1. The molecule has 8 nitrogen and oxygen atoms in total. The first-order valence-corrected chi connectivity index (χ1v) is 15.4. The van der Waals surface area contributed by atoms with Gasteiger partial charge >= 0.3 is 12.2 Å². The molecule has 0 saturated heterocycles. The first kappa shape index (κ1) is 32.9. The largest absolute Gasteiger partial charge is 0.443 e. The number of hydrogen-bond donors (Lipinski definition) is 0. The molecule has 3 aromatic carbocycles. The Morgan fingerprint density at radius 2 is 1.34 bits per heavy atom. The standard InChI is InChI=1S/C35H42ClN3O5/c1-34(2,3)43-32(41)39(33(42)44-35(4,5)6)22-13-12-21-37-28-17-11-10-16-27(28)31(40)38(23-20-25-14-8-7-9-15-25)29-19-18-26(36)24-30(29)37/h7-11,14-19,24H,12-13,20-23H2,1-6H3. The van der Waals surface area contributed by atoms with Gasteiger partial charge < -0.3 is 19.3 Å². The summed E-state index contributed by atoms with van der Waals surface area (Å²) in [5.41, 5.74) is 2.57. The van der Waals surface area contributed by atoms with Gasteiger partial charge in [-0.3, -0.25) is 4.79 Å². The molecular weight excluding hydrogens is 578 g/mol. The normalized spacial score (nSPS) is 13.1. The van der Waals surface area contributed by atoms with Crippen LogP contribution in [0, 0.1) is 0 Å². The number of ether oxygens (including phenoxy) is 2. The summed E-state index contributed by atoms with van der Waals surface area (Å²) in [5.74, 6) is -0.0800. The monoisotopic (exact) mass is 619 g/mol. The maximum atomic E-state index is 14.0. The molecule has 4 rings (SSSR count). The van der Waals surface area contributed by atoms with Crippen LogP contribution in [0.4, 0.5) is 26.7 Å². The lowest BCUT2D eigenvalue weighted by Crippen LogP contribution is -2.44. The second kappa shape index (κ2) is 13.7. The topological polar surface area (TPSA) is 79.4 Å². The molecule has 44 heavy (non-hydrogen) atoms. The van der Waals surface area contributed by atoms with Gasteiger partial charge in [0.1, 0.15) is 11.2 Å². The molecule has 0 atom stereocenters. The van der Waals surface area contributed by atoms with Gasteiger partial charge in [0, 0.05) is 24.7 Å². The minimum absolute atomic E-state index is 0.0800. The maximum Gasteiger partial charge on any atom is 0.419 e. The Labute approximate surface area is 265 Å². The summed E-state index contributed by atoms with van der Waals surface area (Å²) in [4.78, 5) is 44.9. The lowest BCUT2D eigenvalue weighted by Gasteiger charge is -2.29. The predicted molar refractivity (Wildman–Crippen MR) is 175 cm³/mol. The van der Waals surface area contributed by atoms with Crippen LogP contribution in [-0.4, -0.2) is 53.8 Å². The van der Waals surface area contributed by atoms with Crippen molar-refractivity contribution in [2.75, 3.05) is 29.4 Å². The molecule has 1 aliphatic heterocycles. The third-order valence-corrected chi connectivity index (χ3v) is 7.13. The van der Waals surface area contributed by atoms with Crippen LogP contribution in [-0.2, 0) is 15.9 Å². The van der Waals surface area contributed by atoms with Crippen molar-refractivity contribution in [2.45, 2.75) is 72.0 Å². The Kier molecular flexibility index (Phi) is 10.3. The number of amides is 3. The zero-order valence-corrected chi connectivity index (χ0v) is 27.2. The molecule has 0 fully saturated rings. The van der Waals surface area contributed by atoms with Crippen LogP contribution in [0.25, 0.3) is 0 Å². The molecule has 0 bridgehead atoms. The number of carbonyl (C=O) groups excluding carboxylic acids is 3. The highest BCUT2D eigenvalue weighted by Crippen LogP contribution is 2.42. The van der Waals surface area contributed by atoms with Crippen molar-refractivity contribution in [3.63, 3.8) is 0 Å². The van der Waals surface area contributed by atoms with Gasteiger partial charge in [-0.15, -0.1) is 0 Å². The Bertz CT molecular complexity index is 1450. The number of benzene rings is 3. The van der Waals surface area contributed by atoms with Gasteiger partial charge in [0.05, 0.1) is 22.6 Å². The molecule has 1 aliphatic rings. The highest BCUT2D eigenvalue weighted by atomic mass is 35.5. The van der Waals surface area contributed by atoms with E-state index in [4.69, 9.17) is 21.1 Å². The molecule has 1 heterocycles. The van der Waals surface area contributed by atoms with Crippen LogP contribution in [0.15, 0.2) is 72.8 Å². The average molecular weight is 620 g/mol. The summed E-state index contributed by atoms with van der Waals surface area (Å²) >= 11 is 6.52. The molecule has 0 aromatic heterocycles. The summed E-state index contributed by atoms with van der Waals surface area (Å²) in [6, 6.07) is 23.2. The quantitative estimate of drug-likeness (QED) is 0.235. The zero-order valence-electron chi connectivity index (χ0n) is 26.4. The van der Waals surface area contributed by atoms with E-state index in [0.29, 0.717) is 42.9 Å². The minimum Gasteiger partial charge on any atom is -0.443 e. The SMILES string of the molecule is CC(C)(C)OC(=O)N(CCCCN1c2ccccc2C(=O)N(CCc2ccccc2)c2ccc(Cl)cc21)C(=O)OC(C)(C)C. The molecule has 0 radical (unpaired) electrons. The van der Waals surface area contributed by atoms with Gasteiger partial charge in [-0.1, -0.05) is 54.1 Å². The fourth-order valence-electron chi connectivity index (χ4n) is 4.99. The van der Waals surface area contributed by atoms with E-state index in [1.807, 2.05) is 59.5 Å². The van der Waals surface area contributed by atoms with Crippen molar-refractivity contribution < 1.29 is 23.9 Å². The number of carbonyl (C=O) groups is 3. The number of anilines is 3. The Hall–Kier alpha value is -4.04. The van der Waals surface area contributed by atoms with E-state index >= 15 is 0 Å². The van der Waals surface area contributed by atoms with E-state index in [2.05, 4.69) is 17.0 Å². The van der Waals surface area contributed by atoms with Gasteiger partial charge in [0.25, 0.3) is 5.91 Å². The van der Waals surface area contributed by atoms with E-state index in [1.165, 1.54) is 0 Å². The molecule has 0 spiro atoms. The van der Waals surface area contributed by atoms with E-state index in [1.54, 1.807) is 47.6 Å². The van der Waals surface area contributed by atoms with Gasteiger partial charge in [-0.2, -0.15) is 0 Å². The molecule has 234 valence electrons. The Balaban J connectivity index is 1.58. The van der Waals surface area contributed by atoms with Crippen LogP contribution in [0.1, 0.15) is 70.3 Å². The van der Waals surface area contributed by atoms with Gasteiger partial charge in [0.15, 0.2) is 0 Å². The Morgan fingerprint density at radius 1 is 0.727 bits per heavy atom. The number of rotatable bonds is 8. The second-order valence-corrected chi connectivity index (χ2v) is 13.3. The van der Waals surface area contributed by atoms with Crippen LogP contribution in [0.5, 0.6) is 0 Å². The van der Waals surface area contributed by atoms with Gasteiger partial charge in [-0.05, 0) is 96.7 Å². The van der Waals surface area contributed by atoms with Crippen LogP contribution in [0.2, 0.25) is 5.02 Å². The maximum absolute atomic E-state index is 14.0. The van der Waals surface area contributed by atoms with Crippen LogP contribution >= 0.6 is 11.6 Å². The number of imide groups is 1. The molecular formula is C35H42ClN3O5. The van der Waals surface area contributed by atoms with Crippen molar-refractivity contribution in [1.82, 2.24) is 4.90 Å². The molecule has 3 amide bonds. The summed E-state index contributed by atoms with van der Waals surface area (Å²) in [5, 5.41) is 0.560. The molecule has 0 saturated carbocycles. The number of fused-ring (bicyclic) bond motifs is 2. The van der Waals surface area contributed by atoms with Crippen LogP contribution < -0.4 is 9.80 Å². The second-order valence-electron chi connectivity index (χ2n) is 12.8. The lowest BCUT2D eigenvalue weighted by molar-refractivity contribution is 0.00121. The summed E-state index contributed by atoms with van der Waals surface area (Å²) in [6.07, 6.45) is 0.286. The average Bonchev–Trinajstić information content (AvgIpc) is 3.03. The summed E-state index contributed by atoms with van der Waals surface area (Å²) in [7, 11) is 0. The highest BCUT2D eigenvalue weighted by molar-refractivity contribution is 6.31. The van der Waals surface area contributed by atoms with Crippen molar-refractivity contribution in [2.24, 2.45) is 0 Å². The Morgan fingerprint density at radius 3 is 1.98 bits per heavy atom. The predicted octanol–water partition coefficient (Wildman–Crippen LogP) is 8.63. The highest BCUT2D eigenvalue weighted by Gasteiger charge is 2.33. The molecule has 0 unspecified atom stereocenters. The number of halogens is 1. The number of para-hydroxylation sites is 1. The fraction of sp³-hybridized carbons (Fsp3) is 0.400. The van der Waals surface area contributed by atoms with Gasteiger partial charge in [-0.25, -0.2) is 14.5 Å². The minimum atomic E-state index is -0.769. The van der Waals surface area contributed by atoms with Crippen molar-refractivity contribution in [1.29, 1.82) is 0 Å². The molecule has 9 heteroatoms. The number of nitrogens with zero attached hydrogens (tertiary/aromatic N) is 3. The zero-order chi connectivity index (χ0) is 32.1. The van der Waals surface area contributed by atoms with E-state index in [-0.39, 0.29) is 12.5 Å². The van der Waals surface area contributed by atoms with Gasteiger partial charge in [0.2, 0.25) is 0 Å². The van der Waals surface area contributed by atoms with E-state index in [9.17, 15) is 14.4 Å². The molecule has 0 aliphatic carbocycles. The smallest absolute Gasteiger partial charge is 0.419 e. The molecule has 3 aromatic rings. The molecule has 0 N–H and O–H groups in total. The first-order chi connectivity index (χ1) is 20.7. The van der Waals surface area contributed by atoms with E-state index < -0.39 is 23.4 Å². The number of hydrogen-bond acceptors (Lipinski definition) is 6. The first-order valence-electron chi connectivity index (χ1n) is 15.0. The van der Waals surface area contributed by atoms with Crippen molar-refractivity contribution in [3.8, 4) is 0 Å². The third kappa shape index (κ3) is 8.53. The summed E-state index contributed by atoms with van der Waals surface area (Å²) in [6.45, 7) is 11.6. The number of unbranched alkanes of at least 4 members (excludes halogenated alkanes) is 1.